The van der Waals surface area contributed by atoms with Crippen molar-refractivity contribution in [1.29, 1.82) is 0 Å². The van der Waals surface area contributed by atoms with Gasteiger partial charge in [0.05, 0.1) is 0 Å². The van der Waals surface area contributed by atoms with Crippen molar-refractivity contribution in [3.63, 3.8) is 0 Å². The molecule has 16 heavy (non-hydrogen) atoms. The van der Waals surface area contributed by atoms with Crippen LogP contribution in [0.15, 0.2) is 36.5 Å². The predicted molar refractivity (Wildman–Crippen MR) is 67.3 cm³/mol. The maximum atomic E-state index is 11.3. The molecule has 1 amide bonds. The van der Waals surface area contributed by atoms with E-state index in [0.717, 1.165) is 5.57 Å². The summed E-state index contributed by atoms with van der Waals surface area (Å²) in [5.41, 5.74) is 0.467. The van der Waals surface area contributed by atoms with Gasteiger partial charge >= 0.3 is 6.09 Å². The highest BCUT2D eigenvalue weighted by molar-refractivity contribution is 5.68. The number of carbonyl (C=O) groups is 1. The van der Waals surface area contributed by atoms with Gasteiger partial charge in [-0.3, -0.25) is 0 Å². The second kappa shape index (κ2) is 6.88. The van der Waals surface area contributed by atoms with Crippen LogP contribution in [0.2, 0.25) is 0 Å². The van der Waals surface area contributed by atoms with Crippen molar-refractivity contribution in [1.82, 2.24) is 5.32 Å². The highest BCUT2D eigenvalue weighted by atomic mass is 16.6. The van der Waals surface area contributed by atoms with Gasteiger partial charge < -0.3 is 10.1 Å². The molecular weight excluding hydrogens is 202 g/mol. The Hall–Kier alpha value is -1.51. The monoisotopic (exact) mass is 223 g/mol. The molecule has 0 aliphatic carbocycles. The van der Waals surface area contributed by atoms with E-state index in [1.165, 1.54) is 0 Å². The zero-order chi connectivity index (χ0) is 12.6. The van der Waals surface area contributed by atoms with Gasteiger partial charge in [-0.15, -0.1) is 0 Å². The first-order chi connectivity index (χ1) is 7.39. The number of nitrogens with one attached hydrogen (secondary N) is 1. The molecule has 0 saturated heterocycles. The van der Waals surface area contributed by atoms with Crippen LogP contribution in [0.25, 0.3) is 0 Å². The Balaban J connectivity index is 4.13. The summed E-state index contributed by atoms with van der Waals surface area (Å²) >= 11 is 0. The molecule has 0 radical (unpaired) electrons. The number of hydrogen-bond donors (Lipinski definition) is 1. The summed E-state index contributed by atoms with van der Waals surface area (Å²) in [4.78, 5) is 11.3. The lowest BCUT2D eigenvalue weighted by Crippen LogP contribution is -2.33. The van der Waals surface area contributed by atoms with Crippen LogP contribution in [-0.4, -0.2) is 18.2 Å². The topological polar surface area (TPSA) is 38.3 Å². The highest BCUT2D eigenvalue weighted by Gasteiger charge is 2.15. The summed E-state index contributed by atoms with van der Waals surface area (Å²) in [6.07, 6.45) is 6.99. The summed E-state index contributed by atoms with van der Waals surface area (Å²) in [5.74, 6) is 0. The van der Waals surface area contributed by atoms with Gasteiger partial charge in [0.15, 0.2) is 0 Å². The predicted octanol–water partition coefficient (Wildman–Crippen LogP) is 3.20. The summed E-state index contributed by atoms with van der Waals surface area (Å²) in [6, 6.07) is 0. The summed E-state index contributed by atoms with van der Waals surface area (Å²) in [6.45, 7) is 11.5. The lowest BCUT2D eigenvalue weighted by atomic mass is 10.2. The van der Waals surface area contributed by atoms with E-state index in [0.29, 0.717) is 6.54 Å². The van der Waals surface area contributed by atoms with Gasteiger partial charge in [0.2, 0.25) is 0 Å². The van der Waals surface area contributed by atoms with Crippen molar-refractivity contribution >= 4 is 6.09 Å². The lowest BCUT2D eigenvalue weighted by molar-refractivity contribution is 0.0533. The Kier molecular flexibility index (Phi) is 6.23. The Morgan fingerprint density at radius 3 is 2.50 bits per heavy atom. The fourth-order valence-corrected chi connectivity index (χ4v) is 0.907. The molecule has 0 aliphatic heterocycles. The molecule has 0 atom stereocenters. The number of ether oxygens (including phenoxy) is 1. The normalized spacial score (nSPS) is 12.6. The minimum Gasteiger partial charge on any atom is -0.444 e. The molecule has 0 fully saturated rings. The van der Waals surface area contributed by atoms with Crippen molar-refractivity contribution < 1.29 is 9.53 Å². The first-order valence-electron chi connectivity index (χ1n) is 5.30. The Labute approximate surface area is 97.9 Å². The molecule has 0 spiro atoms. The minimum atomic E-state index is -0.467. The van der Waals surface area contributed by atoms with Crippen LogP contribution in [0.4, 0.5) is 4.79 Å². The van der Waals surface area contributed by atoms with E-state index in [1.54, 1.807) is 6.08 Å². The number of allylic oxidation sites excluding steroid dienone is 3. The second-order valence-corrected chi connectivity index (χ2v) is 4.33. The zero-order valence-electron chi connectivity index (χ0n) is 10.5. The first-order valence-corrected chi connectivity index (χ1v) is 5.30. The average molecular weight is 223 g/mol. The van der Waals surface area contributed by atoms with E-state index in [1.807, 2.05) is 45.9 Å². The van der Waals surface area contributed by atoms with Gasteiger partial charge in [0.25, 0.3) is 0 Å². The maximum absolute atomic E-state index is 11.3. The number of rotatable bonds is 4. The summed E-state index contributed by atoms with van der Waals surface area (Å²) < 4.78 is 5.11. The lowest BCUT2D eigenvalue weighted by Gasteiger charge is -2.19. The fraction of sp³-hybridized carbons (Fsp3) is 0.462. The molecular formula is C13H21NO2. The standard InChI is InChI=1S/C13H21NO2/c1-6-8-9-11(7-2)10-14-12(15)16-13(3,4)5/h6-9H,2,10H2,1,3-5H3,(H,14,15)/b8-6-,11-9+. The van der Waals surface area contributed by atoms with Gasteiger partial charge in [-0.05, 0) is 33.3 Å². The van der Waals surface area contributed by atoms with Crippen molar-refractivity contribution in [3.05, 3.63) is 36.5 Å². The molecule has 1 N–H and O–H groups in total. The van der Waals surface area contributed by atoms with Gasteiger partial charge in [-0.2, -0.15) is 0 Å². The van der Waals surface area contributed by atoms with Crippen LogP contribution < -0.4 is 5.32 Å². The van der Waals surface area contributed by atoms with Crippen molar-refractivity contribution in [2.24, 2.45) is 0 Å². The Bertz CT molecular complexity index is 296. The SMILES string of the molecule is C=C/C(=C\C=C/C)CNC(=O)OC(C)(C)C. The van der Waals surface area contributed by atoms with Gasteiger partial charge in [0.1, 0.15) is 5.60 Å². The maximum Gasteiger partial charge on any atom is 0.407 e. The quantitative estimate of drug-likeness (QED) is 0.743. The number of hydrogen-bond acceptors (Lipinski definition) is 2. The van der Waals surface area contributed by atoms with Crippen molar-refractivity contribution in [2.75, 3.05) is 6.54 Å². The highest BCUT2D eigenvalue weighted by Crippen LogP contribution is 2.06. The van der Waals surface area contributed by atoms with Gasteiger partial charge in [-0.25, -0.2) is 4.79 Å². The minimum absolute atomic E-state index is 0.416. The van der Waals surface area contributed by atoms with E-state index >= 15 is 0 Å². The average Bonchev–Trinajstić information content (AvgIpc) is 2.15. The number of carbonyl (C=O) groups excluding carboxylic acids is 1. The number of amides is 1. The zero-order valence-corrected chi connectivity index (χ0v) is 10.5. The number of alkyl carbamates (subject to hydrolysis) is 1. The van der Waals surface area contributed by atoms with Crippen LogP contribution in [0.5, 0.6) is 0 Å². The third-order valence-corrected chi connectivity index (χ3v) is 1.60. The van der Waals surface area contributed by atoms with Crippen LogP contribution in [-0.2, 0) is 4.74 Å². The molecule has 0 aromatic carbocycles. The van der Waals surface area contributed by atoms with Crippen molar-refractivity contribution in [2.45, 2.75) is 33.3 Å². The van der Waals surface area contributed by atoms with Crippen LogP contribution in [0.3, 0.4) is 0 Å². The molecule has 3 nitrogen and oxygen atoms in total. The van der Waals surface area contributed by atoms with Crippen LogP contribution in [0, 0.1) is 0 Å². The van der Waals surface area contributed by atoms with E-state index in [9.17, 15) is 4.79 Å². The van der Waals surface area contributed by atoms with Gasteiger partial charge in [-0.1, -0.05) is 30.9 Å². The molecule has 0 saturated carbocycles. The first kappa shape index (κ1) is 14.5. The summed E-state index contributed by atoms with van der Waals surface area (Å²) in [5, 5.41) is 2.66. The van der Waals surface area contributed by atoms with Crippen LogP contribution in [0.1, 0.15) is 27.7 Å². The smallest absolute Gasteiger partial charge is 0.407 e. The van der Waals surface area contributed by atoms with E-state index in [-0.39, 0.29) is 0 Å². The van der Waals surface area contributed by atoms with Crippen LogP contribution >= 0.6 is 0 Å². The molecule has 90 valence electrons. The molecule has 0 aromatic rings. The van der Waals surface area contributed by atoms with E-state index < -0.39 is 11.7 Å². The van der Waals surface area contributed by atoms with E-state index in [4.69, 9.17) is 4.74 Å². The molecule has 0 unspecified atom stereocenters. The van der Waals surface area contributed by atoms with Gasteiger partial charge in [0, 0.05) is 6.54 Å². The van der Waals surface area contributed by atoms with Crippen molar-refractivity contribution in [3.8, 4) is 0 Å². The largest absolute Gasteiger partial charge is 0.444 e. The van der Waals surface area contributed by atoms with E-state index in [2.05, 4.69) is 11.9 Å². The third-order valence-electron chi connectivity index (χ3n) is 1.60. The second-order valence-electron chi connectivity index (χ2n) is 4.33. The molecule has 0 aromatic heterocycles. The molecule has 0 bridgehead atoms. The fourth-order valence-electron chi connectivity index (χ4n) is 0.907. The Morgan fingerprint density at radius 2 is 2.06 bits per heavy atom. The molecule has 0 aliphatic rings. The third kappa shape index (κ3) is 7.85. The Morgan fingerprint density at radius 1 is 1.44 bits per heavy atom. The summed E-state index contributed by atoms with van der Waals surface area (Å²) in [7, 11) is 0. The molecule has 0 rings (SSSR count). The molecule has 3 heteroatoms. The molecule has 0 heterocycles.